The Balaban J connectivity index is 2.55. The molecule has 1 fully saturated rings. The number of nitrogens with two attached hydrogens (primary N) is 1. The Morgan fingerprint density at radius 3 is 2.92 bits per heavy atom. The topological polar surface area (TPSA) is 64.7 Å². The first-order chi connectivity index (χ1) is 6.29. The molecule has 0 aromatic rings. The maximum Gasteiger partial charge on any atom is 0.106 e. The molecule has 0 bridgehead atoms. The van der Waals surface area contributed by atoms with Gasteiger partial charge in [-0.25, -0.2) is 0 Å². The van der Waals surface area contributed by atoms with E-state index in [-0.39, 0.29) is 18.3 Å². The molecule has 0 spiro atoms. The molecule has 4 heteroatoms. The fourth-order valence-electron chi connectivity index (χ4n) is 2.05. The summed E-state index contributed by atoms with van der Waals surface area (Å²) in [4.78, 5) is 0. The Hall–Kier alpha value is -0.160. The predicted molar refractivity (Wildman–Crippen MR) is 49.5 cm³/mol. The Morgan fingerprint density at radius 2 is 2.38 bits per heavy atom. The van der Waals surface area contributed by atoms with Crippen molar-refractivity contribution in [2.75, 3.05) is 26.9 Å². The van der Waals surface area contributed by atoms with Crippen LogP contribution in [0.1, 0.15) is 19.3 Å². The van der Waals surface area contributed by atoms with Crippen LogP contribution in [0.3, 0.4) is 0 Å². The summed E-state index contributed by atoms with van der Waals surface area (Å²) in [6, 6.07) is 0. The molecule has 0 saturated heterocycles. The lowest BCUT2D eigenvalue weighted by Crippen LogP contribution is -2.48. The summed E-state index contributed by atoms with van der Waals surface area (Å²) in [5.74, 6) is 0. The number of methoxy groups -OCH3 is 1. The van der Waals surface area contributed by atoms with Crippen LogP contribution >= 0.6 is 0 Å². The van der Waals surface area contributed by atoms with Crippen molar-refractivity contribution in [3.05, 3.63) is 0 Å². The molecule has 78 valence electrons. The third-order valence-electron chi connectivity index (χ3n) is 2.76. The minimum Gasteiger partial charge on any atom is -0.394 e. The maximum atomic E-state index is 8.69. The first-order valence-electron chi connectivity index (χ1n) is 4.77. The van der Waals surface area contributed by atoms with E-state index in [0.29, 0.717) is 13.2 Å². The molecule has 1 saturated carbocycles. The molecule has 13 heavy (non-hydrogen) atoms. The lowest BCUT2D eigenvalue weighted by molar-refractivity contribution is -0.119. The second kappa shape index (κ2) is 4.91. The molecule has 2 atom stereocenters. The zero-order valence-corrected chi connectivity index (χ0v) is 8.16. The monoisotopic (exact) mass is 189 g/mol. The van der Waals surface area contributed by atoms with Crippen LogP contribution in [0.25, 0.3) is 0 Å². The molecular formula is C9H19NO3. The van der Waals surface area contributed by atoms with Crippen LogP contribution in [-0.4, -0.2) is 43.7 Å². The summed E-state index contributed by atoms with van der Waals surface area (Å²) in [5, 5.41) is 8.69. The van der Waals surface area contributed by atoms with Crippen molar-refractivity contribution in [1.82, 2.24) is 0 Å². The first-order valence-corrected chi connectivity index (χ1v) is 4.77. The Labute approximate surface area is 79.0 Å². The highest BCUT2D eigenvalue weighted by Crippen LogP contribution is 2.34. The van der Waals surface area contributed by atoms with Crippen molar-refractivity contribution in [3.63, 3.8) is 0 Å². The third kappa shape index (κ3) is 2.20. The van der Waals surface area contributed by atoms with Gasteiger partial charge < -0.3 is 20.3 Å². The Bertz CT molecular complexity index is 154. The van der Waals surface area contributed by atoms with Gasteiger partial charge in [-0.05, 0) is 19.3 Å². The average molecular weight is 189 g/mol. The van der Waals surface area contributed by atoms with Crippen LogP contribution < -0.4 is 5.73 Å². The van der Waals surface area contributed by atoms with Gasteiger partial charge in [0.05, 0.1) is 19.3 Å². The molecule has 4 nitrogen and oxygen atoms in total. The summed E-state index contributed by atoms with van der Waals surface area (Å²) >= 11 is 0. The number of rotatable bonds is 5. The summed E-state index contributed by atoms with van der Waals surface area (Å²) in [7, 11) is 1.68. The lowest BCUT2D eigenvalue weighted by atomic mass is 10.00. The van der Waals surface area contributed by atoms with Crippen LogP contribution in [-0.2, 0) is 9.47 Å². The van der Waals surface area contributed by atoms with E-state index < -0.39 is 0 Å². The van der Waals surface area contributed by atoms with Gasteiger partial charge in [0.25, 0.3) is 0 Å². The fraction of sp³-hybridized carbons (Fsp3) is 1.00. The average Bonchev–Trinajstić information content (AvgIpc) is 2.58. The zero-order valence-electron chi connectivity index (χ0n) is 8.16. The molecule has 0 radical (unpaired) electrons. The van der Waals surface area contributed by atoms with Gasteiger partial charge in [-0.15, -0.1) is 0 Å². The van der Waals surface area contributed by atoms with E-state index in [1.165, 1.54) is 0 Å². The largest absolute Gasteiger partial charge is 0.394 e. The SMILES string of the molecule is COC1CCCC1(CN)OCCO. The second-order valence-electron chi connectivity index (χ2n) is 3.46. The summed E-state index contributed by atoms with van der Waals surface area (Å²) in [6.45, 7) is 0.848. The molecule has 2 unspecified atom stereocenters. The van der Waals surface area contributed by atoms with E-state index in [0.717, 1.165) is 19.3 Å². The molecule has 1 aliphatic rings. The van der Waals surface area contributed by atoms with Crippen molar-refractivity contribution in [3.8, 4) is 0 Å². The Morgan fingerprint density at radius 1 is 1.62 bits per heavy atom. The highest BCUT2D eigenvalue weighted by atomic mass is 16.6. The van der Waals surface area contributed by atoms with Crippen molar-refractivity contribution in [2.45, 2.75) is 31.0 Å². The van der Waals surface area contributed by atoms with E-state index in [1.54, 1.807) is 7.11 Å². The molecular weight excluding hydrogens is 170 g/mol. The second-order valence-corrected chi connectivity index (χ2v) is 3.46. The van der Waals surface area contributed by atoms with Crippen LogP contribution in [0.2, 0.25) is 0 Å². The van der Waals surface area contributed by atoms with Crippen molar-refractivity contribution in [2.24, 2.45) is 5.73 Å². The van der Waals surface area contributed by atoms with Gasteiger partial charge >= 0.3 is 0 Å². The number of aliphatic hydroxyl groups is 1. The molecule has 0 amide bonds. The van der Waals surface area contributed by atoms with Gasteiger partial charge in [-0.2, -0.15) is 0 Å². The number of hydrogen-bond acceptors (Lipinski definition) is 4. The van der Waals surface area contributed by atoms with Crippen LogP contribution in [0, 0.1) is 0 Å². The van der Waals surface area contributed by atoms with E-state index >= 15 is 0 Å². The van der Waals surface area contributed by atoms with E-state index in [4.69, 9.17) is 20.3 Å². The van der Waals surface area contributed by atoms with Gasteiger partial charge in [0.1, 0.15) is 5.60 Å². The molecule has 0 heterocycles. The van der Waals surface area contributed by atoms with Gasteiger partial charge in [0.15, 0.2) is 0 Å². The van der Waals surface area contributed by atoms with Gasteiger partial charge in [-0.1, -0.05) is 0 Å². The summed E-state index contributed by atoms with van der Waals surface area (Å²) in [5.41, 5.74) is 5.34. The first kappa shape index (κ1) is 10.9. The molecule has 3 N–H and O–H groups in total. The molecule has 0 aliphatic heterocycles. The van der Waals surface area contributed by atoms with Gasteiger partial charge in [-0.3, -0.25) is 0 Å². The van der Waals surface area contributed by atoms with Gasteiger partial charge in [0, 0.05) is 13.7 Å². The van der Waals surface area contributed by atoms with E-state index in [1.807, 2.05) is 0 Å². The molecule has 1 aliphatic carbocycles. The molecule has 0 aromatic carbocycles. The van der Waals surface area contributed by atoms with Crippen molar-refractivity contribution in [1.29, 1.82) is 0 Å². The number of aliphatic hydroxyl groups excluding tert-OH is 1. The summed E-state index contributed by atoms with van der Waals surface area (Å²) < 4.78 is 10.9. The lowest BCUT2D eigenvalue weighted by Gasteiger charge is -2.33. The predicted octanol–water partition coefficient (Wildman–Crippen LogP) is -0.108. The highest BCUT2D eigenvalue weighted by molar-refractivity contribution is 4.96. The smallest absolute Gasteiger partial charge is 0.106 e. The van der Waals surface area contributed by atoms with Crippen LogP contribution in [0.15, 0.2) is 0 Å². The standard InChI is InChI=1S/C9H19NO3/c1-12-8-3-2-4-9(8,7-10)13-6-5-11/h8,11H,2-7,10H2,1H3. The maximum absolute atomic E-state index is 8.69. The van der Waals surface area contributed by atoms with Crippen molar-refractivity contribution < 1.29 is 14.6 Å². The van der Waals surface area contributed by atoms with Crippen LogP contribution in [0.5, 0.6) is 0 Å². The minimum absolute atomic E-state index is 0.0399. The van der Waals surface area contributed by atoms with Gasteiger partial charge in [0.2, 0.25) is 0 Å². The highest BCUT2D eigenvalue weighted by Gasteiger charge is 2.43. The third-order valence-corrected chi connectivity index (χ3v) is 2.76. The van der Waals surface area contributed by atoms with Crippen molar-refractivity contribution >= 4 is 0 Å². The minimum atomic E-state index is -0.350. The number of ether oxygens (including phenoxy) is 2. The quantitative estimate of drug-likeness (QED) is 0.633. The van der Waals surface area contributed by atoms with Crippen LogP contribution in [0.4, 0.5) is 0 Å². The van der Waals surface area contributed by atoms with E-state index in [2.05, 4.69) is 0 Å². The molecule has 0 aromatic heterocycles. The normalized spacial score (nSPS) is 33.9. The molecule has 1 rings (SSSR count). The number of hydrogen-bond donors (Lipinski definition) is 2. The Kier molecular flexibility index (Phi) is 4.12. The fourth-order valence-corrected chi connectivity index (χ4v) is 2.05. The zero-order chi connectivity index (χ0) is 9.73. The summed E-state index contributed by atoms with van der Waals surface area (Å²) in [6.07, 6.45) is 3.10. The van der Waals surface area contributed by atoms with E-state index in [9.17, 15) is 0 Å².